The number of carboxylic acids is 1. The zero-order chi connectivity index (χ0) is 23.3. The van der Waals surface area contributed by atoms with Crippen molar-refractivity contribution in [2.45, 2.75) is 64.5 Å². The molecule has 172 valence electrons. The minimum absolute atomic E-state index is 0.169. The molecule has 0 bridgehead atoms. The number of aliphatic carboxylic acids is 1. The van der Waals surface area contributed by atoms with Crippen molar-refractivity contribution in [1.82, 2.24) is 16.0 Å². The van der Waals surface area contributed by atoms with E-state index in [0.717, 1.165) is 5.56 Å². The van der Waals surface area contributed by atoms with Crippen LogP contribution >= 0.6 is 0 Å². The molecule has 0 spiro atoms. The second-order valence-corrected chi connectivity index (χ2v) is 8.23. The number of carbonyl (C=O) groups excluding carboxylic acids is 3. The Morgan fingerprint density at radius 1 is 0.968 bits per heavy atom. The van der Waals surface area contributed by atoms with Gasteiger partial charge in [0.05, 0.1) is 0 Å². The van der Waals surface area contributed by atoms with Crippen LogP contribution in [0.3, 0.4) is 0 Å². The number of rotatable bonds is 12. The number of hydrogen-bond acceptors (Lipinski definition) is 5. The van der Waals surface area contributed by atoms with Crippen LogP contribution in [0.25, 0.3) is 0 Å². The number of alkyl carbamates (subject to hydrolysis) is 1. The molecule has 0 aliphatic rings. The van der Waals surface area contributed by atoms with Gasteiger partial charge in [-0.15, -0.1) is 0 Å². The summed E-state index contributed by atoms with van der Waals surface area (Å²) < 4.78 is 5.12. The van der Waals surface area contributed by atoms with Crippen LogP contribution in [0, 0.1) is 0 Å². The maximum Gasteiger partial charge on any atom is 0.408 e. The van der Waals surface area contributed by atoms with Crippen LogP contribution in [0.15, 0.2) is 30.3 Å². The van der Waals surface area contributed by atoms with Crippen molar-refractivity contribution in [2.75, 3.05) is 13.1 Å². The second-order valence-electron chi connectivity index (χ2n) is 8.23. The molecule has 0 fully saturated rings. The van der Waals surface area contributed by atoms with Crippen molar-refractivity contribution in [1.29, 1.82) is 0 Å². The van der Waals surface area contributed by atoms with E-state index in [1.165, 1.54) is 0 Å². The minimum Gasteiger partial charge on any atom is -0.480 e. The molecule has 0 aliphatic carbocycles. The monoisotopic (exact) mass is 435 g/mol. The number of carbonyl (C=O) groups is 4. The summed E-state index contributed by atoms with van der Waals surface area (Å²) in [4.78, 5) is 46.1. The minimum atomic E-state index is -1.08. The highest BCUT2D eigenvalue weighted by Gasteiger charge is 2.18. The third-order valence-electron chi connectivity index (χ3n) is 4.13. The Morgan fingerprint density at radius 2 is 1.65 bits per heavy atom. The van der Waals surface area contributed by atoms with Crippen LogP contribution in [0.5, 0.6) is 0 Å². The maximum atomic E-state index is 12.3. The number of ether oxygens (including phenoxy) is 1. The zero-order valence-corrected chi connectivity index (χ0v) is 18.4. The third kappa shape index (κ3) is 13.7. The summed E-state index contributed by atoms with van der Waals surface area (Å²) in [6, 6.07) is 9.53. The van der Waals surface area contributed by atoms with E-state index in [4.69, 9.17) is 9.84 Å². The molecule has 0 aromatic heterocycles. The van der Waals surface area contributed by atoms with Gasteiger partial charge in [-0.25, -0.2) is 4.79 Å². The molecule has 0 saturated heterocycles. The van der Waals surface area contributed by atoms with Gasteiger partial charge in [0.15, 0.2) is 0 Å². The predicted molar refractivity (Wildman–Crippen MR) is 115 cm³/mol. The molecule has 9 nitrogen and oxygen atoms in total. The fourth-order valence-corrected chi connectivity index (χ4v) is 2.81. The van der Waals surface area contributed by atoms with Gasteiger partial charge in [-0.05, 0) is 45.6 Å². The lowest BCUT2D eigenvalue weighted by molar-refractivity contribution is -0.137. The molecule has 0 saturated carbocycles. The number of nitrogens with one attached hydrogen (secondary N) is 3. The van der Waals surface area contributed by atoms with Crippen molar-refractivity contribution in [3.05, 3.63) is 35.9 Å². The molecule has 31 heavy (non-hydrogen) atoms. The van der Waals surface area contributed by atoms with E-state index >= 15 is 0 Å². The summed E-state index contributed by atoms with van der Waals surface area (Å²) in [5, 5.41) is 16.3. The Kier molecular flexibility index (Phi) is 11.1. The molecule has 0 aliphatic heterocycles. The largest absolute Gasteiger partial charge is 0.480 e. The molecular formula is C22H33N3O6. The molecule has 0 heterocycles. The smallest absolute Gasteiger partial charge is 0.408 e. The lowest BCUT2D eigenvalue weighted by Gasteiger charge is -2.21. The summed E-state index contributed by atoms with van der Waals surface area (Å²) in [7, 11) is 0. The van der Waals surface area contributed by atoms with Crippen molar-refractivity contribution in [2.24, 2.45) is 0 Å². The normalized spacial score (nSPS) is 11.8. The highest BCUT2D eigenvalue weighted by molar-refractivity contribution is 5.82. The number of amides is 3. The first-order chi connectivity index (χ1) is 14.5. The van der Waals surface area contributed by atoms with Crippen LogP contribution in [-0.2, 0) is 25.5 Å². The highest BCUT2D eigenvalue weighted by atomic mass is 16.6. The second kappa shape index (κ2) is 13.3. The molecule has 1 atom stereocenters. The lowest BCUT2D eigenvalue weighted by Crippen LogP contribution is -2.44. The average Bonchev–Trinajstić information content (AvgIpc) is 2.67. The first-order valence-corrected chi connectivity index (χ1v) is 10.3. The average molecular weight is 436 g/mol. The fourth-order valence-electron chi connectivity index (χ4n) is 2.81. The van der Waals surface area contributed by atoms with Gasteiger partial charge in [0.25, 0.3) is 0 Å². The van der Waals surface area contributed by atoms with E-state index in [-0.39, 0.29) is 30.8 Å². The van der Waals surface area contributed by atoms with Crippen molar-refractivity contribution in [3.8, 4) is 0 Å². The number of benzene rings is 1. The van der Waals surface area contributed by atoms with E-state index in [1.807, 2.05) is 30.3 Å². The summed E-state index contributed by atoms with van der Waals surface area (Å²) in [5.41, 5.74) is 0.416. The Bertz CT molecular complexity index is 731. The van der Waals surface area contributed by atoms with Gasteiger partial charge in [-0.2, -0.15) is 0 Å². The molecule has 3 amide bonds. The van der Waals surface area contributed by atoms with E-state index in [2.05, 4.69) is 16.0 Å². The van der Waals surface area contributed by atoms with Gasteiger partial charge in [0.1, 0.15) is 18.7 Å². The first kappa shape index (κ1) is 25.9. The van der Waals surface area contributed by atoms with Gasteiger partial charge in [0.2, 0.25) is 11.8 Å². The number of unbranched alkanes of at least 4 members (excludes halogenated alkanes) is 1. The SMILES string of the molecule is CC(C)(C)OC(=O)NCC(=O)N[C@H](CCCCC(=O)NCC(=O)O)Cc1ccccc1. The van der Waals surface area contributed by atoms with E-state index in [0.29, 0.717) is 25.7 Å². The molecule has 1 rings (SSSR count). The predicted octanol–water partition coefficient (Wildman–Crippen LogP) is 2.00. The Hall–Kier alpha value is -3.10. The number of carboxylic acid groups (broad SMARTS) is 1. The molecule has 9 heteroatoms. The first-order valence-electron chi connectivity index (χ1n) is 10.3. The zero-order valence-electron chi connectivity index (χ0n) is 18.4. The van der Waals surface area contributed by atoms with E-state index < -0.39 is 24.2 Å². The van der Waals surface area contributed by atoms with Gasteiger partial charge in [-0.3, -0.25) is 14.4 Å². The molecule has 0 unspecified atom stereocenters. The Morgan fingerprint density at radius 3 is 2.26 bits per heavy atom. The van der Waals surface area contributed by atoms with Gasteiger partial charge >= 0.3 is 12.1 Å². The standard InChI is InChI=1S/C22H33N3O6/c1-22(2,3)31-21(30)24-14-19(27)25-17(13-16-9-5-4-6-10-16)11-7-8-12-18(26)23-15-20(28)29/h4-6,9-10,17H,7-8,11-15H2,1-3H3,(H,23,26)(H,24,30)(H,25,27)(H,28,29)/t17-/m1/s1. The summed E-state index contributed by atoms with van der Waals surface area (Å²) in [5.74, 6) is -1.72. The highest BCUT2D eigenvalue weighted by Crippen LogP contribution is 2.11. The van der Waals surface area contributed by atoms with Crippen LogP contribution in [0.2, 0.25) is 0 Å². The third-order valence-corrected chi connectivity index (χ3v) is 4.13. The molecule has 4 N–H and O–H groups in total. The summed E-state index contributed by atoms with van der Waals surface area (Å²) in [6.45, 7) is 4.63. The van der Waals surface area contributed by atoms with E-state index in [1.54, 1.807) is 20.8 Å². The van der Waals surface area contributed by atoms with Crippen LogP contribution < -0.4 is 16.0 Å². The lowest BCUT2D eigenvalue weighted by atomic mass is 10.00. The van der Waals surface area contributed by atoms with Gasteiger partial charge < -0.3 is 25.8 Å². The Balaban J connectivity index is 2.50. The van der Waals surface area contributed by atoms with Crippen molar-refractivity contribution >= 4 is 23.9 Å². The van der Waals surface area contributed by atoms with Gasteiger partial charge in [-0.1, -0.05) is 36.8 Å². The Labute approximate surface area is 182 Å². The van der Waals surface area contributed by atoms with Crippen LogP contribution in [-0.4, -0.2) is 53.7 Å². The fraction of sp³-hybridized carbons (Fsp3) is 0.545. The molecule has 1 aromatic rings. The summed E-state index contributed by atoms with van der Waals surface area (Å²) in [6.07, 6.45) is 2.07. The molecule has 0 radical (unpaired) electrons. The van der Waals surface area contributed by atoms with Crippen molar-refractivity contribution in [3.63, 3.8) is 0 Å². The topological polar surface area (TPSA) is 134 Å². The van der Waals surface area contributed by atoms with Gasteiger partial charge in [0, 0.05) is 12.5 Å². The van der Waals surface area contributed by atoms with Crippen molar-refractivity contribution < 1.29 is 29.0 Å². The maximum absolute atomic E-state index is 12.3. The molecular weight excluding hydrogens is 402 g/mol. The van der Waals surface area contributed by atoms with E-state index in [9.17, 15) is 19.2 Å². The summed E-state index contributed by atoms with van der Waals surface area (Å²) >= 11 is 0. The number of hydrogen-bond donors (Lipinski definition) is 4. The van der Waals surface area contributed by atoms with Crippen LogP contribution in [0.1, 0.15) is 52.0 Å². The molecule has 1 aromatic carbocycles. The quantitative estimate of drug-likeness (QED) is 0.371. The van der Waals surface area contributed by atoms with Crippen LogP contribution in [0.4, 0.5) is 4.79 Å².